The lowest BCUT2D eigenvalue weighted by atomic mass is 9.54. The third kappa shape index (κ3) is 2.18. The summed E-state index contributed by atoms with van der Waals surface area (Å²) in [5.41, 5.74) is -3.59. The molecule has 0 radical (unpaired) electrons. The molecule has 0 aliphatic carbocycles. The van der Waals surface area contributed by atoms with Crippen molar-refractivity contribution in [3.8, 4) is 35.5 Å². The summed E-state index contributed by atoms with van der Waals surface area (Å²) < 4.78 is 27.9. The Labute approximate surface area is 168 Å². The maximum Gasteiger partial charge on any atom is 0.214 e. The molecule has 9 heteroatoms. The molecule has 150 valence electrons. The van der Waals surface area contributed by atoms with Crippen molar-refractivity contribution < 1.29 is 23.7 Å². The third-order valence-corrected chi connectivity index (χ3v) is 6.01. The molecule has 0 amide bonds. The van der Waals surface area contributed by atoms with Crippen molar-refractivity contribution in [1.82, 2.24) is 0 Å². The molecule has 4 atom stereocenters. The largest absolute Gasteiger partial charge is 0.493 e. The zero-order valence-corrected chi connectivity index (χ0v) is 16.7. The fourth-order valence-electron chi connectivity index (χ4n) is 4.32. The molecule has 0 saturated carbocycles. The number of hydrogen-bond acceptors (Lipinski definition) is 9. The van der Waals surface area contributed by atoms with Gasteiger partial charge in [-0.15, -0.1) is 0 Å². The van der Waals surface area contributed by atoms with Crippen LogP contribution in [-0.2, 0) is 9.47 Å². The van der Waals surface area contributed by atoms with Crippen molar-refractivity contribution in [2.45, 2.75) is 25.7 Å². The molecule has 2 aliphatic rings. The van der Waals surface area contributed by atoms with E-state index in [-0.39, 0.29) is 11.5 Å². The van der Waals surface area contributed by atoms with Gasteiger partial charge < -0.3 is 23.7 Å². The highest BCUT2D eigenvalue weighted by molar-refractivity contribution is 5.89. The van der Waals surface area contributed by atoms with E-state index in [0.29, 0.717) is 11.3 Å². The van der Waals surface area contributed by atoms with Gasteiger partial charge in [-0.25, -0.2) is 0 Å². The van der Waals surface area contributed by atoms with Crippen molar-refractivity contribution in [1.29, 1.82) is 21.2 Å². The Morgan fingerprint density at radius 2 is 1.62 bits per heavy atom. The van der Waals surface area contributed by atoms with Crippen LogP contribution in [0.4, 0.5) is 0 Å². The van der Waals surface area contributed by atoms with E-state index in [4.69, 9.17) is 29.1 Å². The van der Waals surface area contributed by atoms with Crippen molar-refractivity contribution >= 4 is 5.90 Å². The van der Waals surface area contributed by atoms with Gasteiger partial charge in [-0.3, -0.25) is 5.41 Å². The zero-order chi connectivity index (χ0) is 21.6. The molecule has 2 fully saturated rings. The predicted molar refractivity (Wildman–Crippen MR) is 98.0 cm³/mol. The Morgan fingerprint density at radius 3 is 2.10 bits per heavy atom. The third-order valence-electron chi connectivity index (χ3n) is 6.01. The maximum atomic E-state index is 10.1. The molecule has 4 unspecified atom stereocenters. The average molecular weight is 396 g/mol. The summed E-state index contributed by atoms with van der Waals surface area (Å²) in [5, 5.41) is 38.7. The van der Waals surface area contributed by atoms with E-state index in [1.807, 2.05) is 18.2 Å². The second-order valence-electron chi connectivity index (χ2n) is 7.04. The van der Waals surface area contributed by atoms with E-state index in [1.165, 1.54) is 21.3 Å². The number of fused-ring (bicyclic) bond motifs is 2. The van der Waals surface area contributed by atoms with Crippen molar-refractivity contribution in [3.63, 3.8) is 0 Å². The van der Waals surface area contributed by atoms with Crippen LogP contribution in [0.2, 0.25) is 0 Å². The van der Waals surface area contributed by atoms with E-state index in [2.05, 4.69) is 0 Å². The van der Waals surface area contributed by atoms with Crippen LogP contribution in [0.5, 0.6) is 17.2 Å². The highest BCUT2D eigenvalue weighted by Crippen LogP contribution is 2.67. The quantitative estimate of drug-likeness (QED) is 0.818. The smallest absolute Gasteiger partial charge is 0.214 e. The van der Waals surface area contributed by atoms with E-state index < -0.39 is 34.5 Å². The fraction of sp³-hybridized carbons (Fsp3) is 0.500. The van der Waals surface area contributed by atoms with Gasteiger partial charge in [0, 0.05) is 12.5 Å². The van der Waals surface area contributed by atoms with Gasteiger partial charge in [0.15, 0.2) is 16.9 Å². The number of rotatable bonds is 4. The number of nitrogens with zero attached hydrogens (tertiary/aromatic N) is 3. The molecule has 0 aromatic heterocycles. The number of methoxy groups -OCH3 is 3. The minimum absolute atomic E-state index is 0.198. The molecule has 1 N–H and O–H groups in total. The van der Waals surface area contributed by atoms with Crippen LogP contribution in [0.15, 0.2) is 12.1 Å². The molecule has 9 nitrogen and oxygen atoms in total. The Hall–Kier alpha value is -3.48. The summed E-state index contributed by atoms with van der Waals surface area (Å²) in [7, 11) is 4.30. The molecule has 2 bridgehead atoms. The van der Waals surface area contributed by atoms with E-state index in [9.17, 15) is 15.8 Å². The topological polar surface area (TPSA) is 141 Å². The van der Waals surface area contributed by atoms with Crippen LogP contribution in [0, 0.1) is 56.2 Å². The molecule has 0 spiro atoms. The van der Waals surface area contributed by atoms with Crippen LogP contribution < -0.4 is 14.2 Å². The molecule has 29 heavy (non-hydrogen) atoms. The number of hydrogen-bond donors (Lipinski definition) is 1. The van der Waals surface area contributed by atoms with Crippen molar-refractivity contribution in [3.05, 3.63) is 17.7 Å². The first-order valence-electron chi connectivity index (χ1n) is 8.75. The van der Waals surface area contributed by atoms with E-state index in [0.717, 1.165) is 0 Å². The summed E-state index contributed by atoms with van der Waals surface area (Å²) >= 11 is 0. The number of nitriles is 3. The Balaban J connectivity index is 2.37. The van der Waals surface area contributed by atoms with Crippen LogP contribution in [0.3, 0.4) is 0 Å². The Kier molecular flexibility index (Phi) is 4.57. The summed E-state index contributed by atoms with van der Waals surface area (Å²) in [6.07, 6.45) is -1.25. The van der Waals surface area contributed by atoms with Gasteiger partial charge in [0.2, 0.25) is 22.8 Å². The van der Waals surface area contributed by atoms with Crippen LogP contribution in [0.25, 0.3) is 0 Å². The van der Waals surface area contributed by atoms with Gasteiger partial charge in [0.25, 0.3) is 0 Å². The first-order chi connectivity index (χ1) is 13.8. The minimum Gasteiger partial charge on any atom is -0.493 e. The van der Waals surface area contributed by atoms with Gasteiger partial charge in [-0.2, -0.15) is 15.8 Å². The van der Waals surface area contributed by atoms with Crippen LogP contribution in [0.1, 0.15) is 25.5 Å². The second kappa shape index (κ2) is 6.55. The summed E-state index contributed by atoms with van der Waals surface area (Å²) in [4.78, 5) is 0. The van der Waals surface area contributed by atoms with Crippen LogP contribution in [-0.4, -0.2) is 33.0 Å². The zero-order valence-electron chi connectivity index (χ0n) is 16.7. The van der Waals surface area contributed by atoms with Crippen LogP contribution >= 0.6 is 0 Å². The molecule has 2 saturated heterocycles. The van der Waals surface area contributed by atoms with Gasteiger partial charge >= 0.3 is 0 Å². The van der Waals surface area contributed by atoms with Crippen molar-refractivity contribution in [2.24, 2.45) is 16.7 Å². The Bertz CT molecular complexity index is 990. The normalized spacial score (nSPS) is 31.6. The number of benzene rings is 1. The van der Waals surface area contributed by atoms with Crippen molar-refractivity contribution in [2.75, 3.05) is 21.3 Å². The monoisotopic (exact) mass is 396 g/mol. The molecular formula is C20H20N4O5. The predicted octanol–water partition coefficient (Wildman–Crippen LogP) is 2.69. The summed E-state index contributed by atoms with van der Waals surface area (Å²) in [5.74, 6) is -1.76. The minimum atomic E-state index is -2.07. The van der Waals surface area contributed by atoms with E-state index in [1.54, 1.807) is 26.0 Å². The highest BCUT2D eigenvalue weighted by Gasteiger charge is 2.78. The second-order valence-corrected chi connectivity index (χ2v) is 7.04. The Morgan fingerprint density at radius 1 is 1.00 bits per heavy atom. The SMILES string of the molecule is COc1ccc(C2OC3(C)OC(=N)C(C#N)(C3C)C2(C#N)C#N)c(OC)c1OC. The first kappa shape index (κ1) is 20.3. The number of ether oxygens (including phenoxy) is 5. The molecule has 3 rings (SSSR count). The number of nitrogens with one attached hydrogen (secondary N) is 1. The average Bonchev–Trinajstić information content (AvgIpc) is 2.87. The van der Waals surface area contributed by atoms with Gasteiger partial charge in [0.1, 0.15) is 6.10 Å². The maximum absolute atomic E-state index is 10.1. The summed E-state index contributed by atoms with van der Waals surface area (Å²) in [6.45, 7) is 3.22. The standard InChI is InChI=1S/C20H20N4O5/c1-11-18(2)28-16(12-6-7-13(25-3)15(27-5)14(12)26-4)19(8-21,9-22)20(11,10-23)17(24)29-18/h6-7,11,16,24H,1-5H3. The molecule has 2 aliphatic heterocycles. The van der Waals surface area contributed by atoms with E-state index >= 15 is 0 Å². The lowest BCUT2D eigenvalue weighted by Crippen LogP contribution is -2.57. The van der Waals surface area contributed by atoms with Gasteiger partial charge in [0.05, 0.1) is 45.5 Å². The summed E-state index contributed by atoms with van der Waals surface area (Å²) in [6, 6.07) is 9.17. The lowest BCUT2D eigenvalue weighted by Gasteiger charge is -2.47. The van der Waals surface area contributed by atoms with Gasteiger partial charge in [-0.1, -0.05) is 6.92 Å². The molecule has 2 heterocycles. The molecule has 1 aromatic carbocycles. The molecule has 1 aromatic rings. The lowest BCUT2D eigenvalue weighted by molar-refractivity contribution is -0.269. The first-order valence-corrected chi connectivity index (χ1v) is 8.75. The molecular weight excluding hydrogens is 376 g/mol. The fourth-order valence-corrected chi connectivity index (χ4v) is 4.32. The highest BCUT2D eigenvalue weighted by atomic mass is 16.7. The van der Waals surface area contributed by atoms with Gasteiger partial charge in [-0.05, 0) is 12.1 Å².